The van der Waals surface area contributed by atoms with Crippen LogP contribution in [0.3, 0.4) is 0 Å². The first kappa shape index (κ1) is 27.4. The van der Waals surface area contributed by atoms with Crippen LogP contribution in [0.1, 0.15) is 41.3 Å². The summed E-state index contributed by atoms with van der Waals surface area (Å²) in [4.78, 5) is 39.7. The minimum absolute atomic E-state index is 0.118. The van der Waals surface area contributed by atoms with E-state index >= 15 is 0 Å². The maximum atomic E-state index is 13.0. The number of piperidine rings is 1. The average Bonchev–Trinajstić information content (AvgIpc) is 3.25. The number of nitrogens with one attached hydrogen (secondary N) is 1. The molecule has 4 N–H and O–H groups in total. The maximum absolute atomic E-state index is 13.0. The molecule has 2 amide bonds. The number of alkyl halides is 3. The van der Waals surface area contributed by atoms with Crippen molar-refractivity contribution in [1.82, 2.24) is 9.88 Å². The van der Waals surface area contributed by atoms with Crippen LogP contribution in [0.2, 0.25) is 0 Å². The number of hydrogen-bond donors (Lipinski definition) is 3. The van der Waals surface area contributed by atoms with Crippen molar-refractivity contribution in [3.63, 3.8) is 0 Å². The highest BCUT2D eigenvalue weighted by atomic mass is 19.4. The Morgan fingerprint density at radius 3 is 2.67 bits per heavy atom. The average molecular weight is 555 g/mol. The number of quaternary nitrogens is 1. The van der Waals surface area contributed by atoms with Gasteiger partial charge in [-0.05, 0) is 56.2 Å². The maximum Gasteiger partial charge on any atom is 0.416 e. The minimum atomic E-state index is -4.56. The van der Waals surface area contributed by atoms with E-state index in [0.717, 1.165) is 31.2 Å². The Morgan fingerprint density at radius 1 is 1.23 bits per heavy atom. The van der Waals surface area contributed by atoms with Gasteiger partial charge in [0.25, 0.3) is 17.6 Å². The Morgan fingerprint density at radius 2 is 1.98 bits per heavy atom. The molecule has 13 heteroatoms. The molecule has 40 heavy (non-hydrogen) atoms. The van der Waals surface area contributed by atoms with Crippen molar-refractivity contribution >= 4 is 29.7 Å². The third kappa shape index (κ3) is 5.18. The molecule has 1 saturated heterocycles. The lowest BCUT2D eigenvalue weighted by Crippen LogP contribution is -2.53. The lowest BCUT2D eigenvalue weighted by Gasteiger charge is -2.33. The van der Waals surface area contributed by atoms with Crippen LogP contribution in [-0.4, -0.2) is 62.6 Å². The Balaban J connectivity index is 1.38. The zero-order valence-electron chi connectivity index (χ0n) is 21.5. The number of amides is 2. The number of anilines is 1. The highest BCUT2D eigenvalue weighted by Gasteiger charge is 2.46. The number of likely N-dealkylation sites (tertiary alicyclic amines) is 1. The molecule has 10 nitrogen and oxygen atoms in total. The van der Waals surface area contributed by atoms with Gasteiger partial charge in [0.15, 0.2) is 0 Å². The van der Waals surface area contributed by atoms with Crippen LogP contribution in [0.25, 0.3) is 0 Å². The van der Waals surface area contributed by atoms with E-state index in [1.165, 1.54) is 19.1 Å². The summed E-state index contributed by atoms with van der Waals surface area (Å²) >= 11 is 0. The second kappa shape index (κ2) is 10.4. The molecule has 1 unspecified atom stereocenters. The van der Waals surface area contributed by atoms with Crippen molar-refractivity contribution in [2.45, 2.75) is 32.0 Å². The van der Waals surface area contributed by atoms with Gasteiger partial charge in [-0.2, -0.15) is 24.0 Å². The number of aliphatic hydroxyl groups excluding tert-OH is 1. The molecule has 0 radical (unpaired) electrons. The Labute approximate surface area is 227 Å². The molecule has 1 aromatic heterocycles. The molecule has 5 rings (SSSR count). The van der Waals surface area contributed by atoms with Crippen LogP contribution in [0.5, 0.6) is 0 Å². The smallest absolute Gasteiger partial charge is 0.384 e. The quantitative estimate of drug-likeness (QED) is 0.386. The van der Waals surface area contributed by atoms with Crippen molar-refractivity contribution in [3.05, 3.63) is 83.1 Å². The molecule has 4 heterocycles. The lowest BCUT2D eigenvalue weighted by atomic mass is 9.93. The molecular weight excluding hydrogens is 527 g/mol. The number of halogens is 3. The summed E-state index contributed by atoms with van der Waals surface area (Å²) in [5.41, 5.74) is 1.26. The van der Waals surface area contributed by atoms with Gasteiger partial charge in [0, 0.05) is 30.8 Å². The third-order valence-corrected chi connectivity index (χ3v) is 7.03. The number of carbonyl (C=O) groups excluding carboxylic acids is 2. The first-order chi connectivity index (χ1) is 19.0. The fourth-order valence-electron chi connectivity index (χ4n) is 5.01. The summed E-state index contributed by atoms with van der Waals surface area (Å²) in [6, 6.07) is 7.95. The third-order valence-electron chi connectivity index (χ3n) is 7.03. The van der Waals surface area contributed by atoms with E-state index in [2.05, 4.69) is 15.3 Å². The van der Waals surface area contributed by atoms with E-state index in [4.69, 9.17) is 10.8 Å². The number of rotatable bonds is 5. The van der Waals surface area contributed by atoms with E-state index < -0.39 is 23.8 Å². The fraction of sp³-hybridized carbons (Fsp3) is 0.296. The number of nitrogens with two attached hydrogens (primary N) is 1. The molecule has 3 aliphatic heterocycles. The molecule has 0 spiro atoms. The number of fused-ring (bicyclic) bond motifs is 1. The number of carbonyl (C=O) groups is 2. The highest BCUT2D eigenvalue weighted by Crippen LogP contribution is 2.37. The van der Waals surface area contributed by atoms with E-state index in [1.807, 2.05) is 0 Å². The van der Waals surface area contributed by atoms with E-state index in [1.54, 1.807) is 35.6 Å². The summed E-state index contributed by atoms with van der Waals surface area (Å²) in [5, 5.41) is 12.2. The van der Waals surface area contributed by atoms with Gasteiger partial charge in [-0.15, -0.1) is 4.59 Å². The first-order valence-electron chi connectivity index (χ1n) is 12.6. The van der Waals surface area contributed by atoms with Crippen molar-refractivity contribution < 1.29 is 32.5 Å². The standard InChI is InChI=1S/C27H26F3N7O3/c1-16(38)26(40)36-11-2-3-19(15-36)23-21-14-32-10-12-37(21,31)24(35-23)17-4-6-18(7-5-17)25(39)34-22-13-20(8-9-33-22)27(28,29)30/h4-10,12-14,16,19,38H,2-3,11,15,31H2,1H3/p+1/t16-,19-,37?/m1/s1. The Kier molecular flexibility index (Phi) is 7.12. The number of nitrogens with zero attached hydrogens (tertiary/aromatic N) is 5. The van der Waals surface area contributed by atoms with Gasteiger partial charge in [0.1, 0.15) is 23.8 Å². The van der Waals surface area contributed by atoms with Crippen molar-refractivity contribution in [1.29, 1.82) is 0 Å². The van der Waals surface area contributed by atoms with Crippen LogP contribution in [-0.2, 0) is 11.0 Å². The second-order valence-electron chi connectivity index (χ2n) is 9.82. The molecule has 3 atom stereocenters. The number of allylic oxidation sites excluding steroid dienone is 1. The SMILES string of the molecule is C[C@@H](O)C(=O)N1CCC[C@@H](C2=C3C=NC=C[N+]3(N)C(c3ccc(C(=O)Nc4cc(C(F)(F)F)ccn4)cc3)=N2)C1. The first-order valence-corrected chi connectivity index (χ1v) is 12.6. The summed E-state index contributed by atoms with van der Waals surface area (Å²) in [7, 11) is 0. The Hall–Kier alpha value is -4.20. The van der Waals surface area contributed by atoms with Gasteiger partial charge >= 0.3 is 6.18 Å². The summed E-state index contributed by atoms with van der Waals surface area (Å²) in [5.74, 6) is 5.98. The van der Waals surface area contributed by atoms with Gasteiger partial charge in [-0.1, -0.05) is 0 Å². The Bertz CT molecular complexity index is 1460. The molecule has 1 fully saturated rings. The van der Waals surface area contributed by atoms with Crippen molar-refractivity contribution in [3.8, 4) is 0 Å². The topological polar surface area (TPSA) is 133 Å². The van der Waals surface area contributed by atoms with Gasteiger partial charge in [-0.3, -0.25) is 14.6 Å². The highest BCUT2D eigenvalue weighted by molar-refractivity contribution is 6.05. The van der Waals surface area contributed by atoms with Gasteiger partial charge in [0.05, 0.1) is 23.5 Å². The molecule has 2 aromatic rings. The molecule has 0 saturated carbocycles. The zero-order chi connectivity index (χ0) is 28.7. The van der Waals surface area contributed by atoms with Crippen LogP contribution >= 0.6 is 0 Å². The number of hydrogen-bond acceptors (Lipinski definition) is 7. The van der Waals surface area contributed by atoms with Crippen LogP contribution in [0, 0.1) is 5.92 Å². The van der Waals surface area contributed by atoms with E-state index in [-0.39, 0.29) is 27.8 Å². The van der Waals surface area contributed by atoms with Crippen molar-refractivity contribution in [2.24, 2.45) is 21.7 Å². The molecule has 0 bridgehead atoms. The van der Waals surface area contributed by atoms with E-state index in [9.17, 15) is 27.9 Å². The summed E-state index contributed by atoms with van der Waals surface area (Å²) in [6.45, 7) is 2.38. The number of aliphatic hydroxyl groups is 1. The largest absolute Gasteiger partial charge is 0.416 e. The number of benzene rings is 1. The predicted octanol–water partition coefficient (Wildman–Crippen LogP) is 3.19. The number of pyridine rings is 1. The van der Waals surface area contributed by atoms with Crippen LogP contribution in [0.4, 0.5) is 19.0 Å². The number of aromatic nitrogens is 1. The summed E-state index contributed by atoms with van der Waals surface area (Å²) in [6.07, 6.45) is 1.74. The molecule has 3 aliphatic rings. The summed E-state index contributed by atoms with van der Waals surface area (Å²) < 4.78 is 38.7. The fourth-order valence-corrected chi connectivity index (χ4v) is 5.01. The molecule has 1 aromatic carbocycles. The monoisotopic (exact) mass is 554 g/mol. The number of aliphatic imine (C=N–C) groups is 2. The lowest BCUT2D eigenvalue weighted by molar-refractivity contribution is -0.750. The predicted molar refractivity (Wildman–Crippen MR) is 140 cm³/mol. The second-order valence-corrected chi connectivity index (χ2v) is 9.82. The van der Waals surface area contributed by atoms with E-state index in [0.29, 0.717) is 35.9 Å². The van der Waals surface area contributed by atoms with Crippen molar-refractivity contribution in [2.75, 3.05) is 18.4 Å². The zero-order valence-corrected chi connectivity index (χ0v) is 21.5. The van der Waals surface area contributed by atoms with Crippen LogP contribution < -0.4 is 11.2 Å². The van der Waals surface area contributed by atoms with Gasteiger partial charge < -0.3 is 15.3 Å². The minimum Gasteiger partial charge on any atom is -0.384 e. The number of amidine groups is 1. The molecule has 0 aliphatic carbocycles. The normalized spacial score (nSPS) is 23.1. The molecule has 208 valence electrons. The molecular formula is C27H27F3N7O3+. The van der Waals surface area contributed by atoms with Crippen LogP contribution in [0.15, 0.2) is 76.4 Å². The van der Waals surface area contributed by atoms with Gasteiger partial charge in [-0.25, -0.2) is 4.98 Å². The van der Waals surface area contributed by atoms with Gasteiger partial charge in [0.2, 0.25) is 5.70 Å².